The molecule has 0 atom stereocenters. The Morgan fingerprint density at radius 1 is 0.680 bits per heavy atom. The Hall–Kier alpha value is -2.37. The molecule has 25 heavy (non-hydrogen) atoms. The summed E-state index contributed by atoms with van der Waals surface area (Å²) in [6.45, 7) is 2.19. The highest BCUT2D eigenvalue weighted by Crippen LogP contribution is 2.78. The Labute approximate surface area is 151 Å². The highest BCUT2D eigenvalue weighted by atomic mass is 31.1. The lowest BCUT2D eigenvalue weighted by Gasteiger charge is -2.19. The standard InChI is InChI=1S/C23H22NP/c1-17-14-15-20(24(2)3)21(16-17)25-22(18-10-6-4-7-11-18)23(25)19-12-8-5-9-13-19/h4-16H,1-3H3. The first-order chi connectivity index (χ1) is 12.2. The molecule has 0 aliphatic carbocycles. The van der Waals surface area contributed by atoms with Gasteiger partial charge in [0.15, 0.2) is 0 Å². The Morgan fingerprint density at radius 3 is 1.68 bits per heavy atom. The number of anilines is 1. The van der Waals surface area contributed by atoms with Gasteiger partial charge in [0.05, 0.1) is 0 Å². The van der Waals surface area contributed by atoms with E-state index in [1.807, 2.05) is 0 Å². The first-order valence-corrected chi connectivity index (χ1v) is 9.94. The minimum atomic E-state index is -0.403. The van der Waals surface area contributed by atoms with Crippen LogP contribution in [0.25, 0.3) is 10.6 Å². The van der Waals surface area contributed by atoms with E-state index in [1.165, 1.54) is 38.3 Å². The van der Waals surface area contributed by atoms with E-state index in [-0.39, 0.29) is 0 Å². The van der Waals surface area contributed by atoms with Gasteiger partial charge in [-0.15, -0.1) is 0 Å². The van der Waals surface area contributed by atoms with E-state index < -0.39 is 7.92 Å². The molecule has 0 saturated carbocycles. The number of hydrogen-bond donors (Lipinski definition) is 0. The fourth-order valence-electron chi connectivity index (χ4n) is 3.32. The fourth-order valence-corrected chi connectivity index (χ4v) is 6.19. The normalized spacial score (nSPS) is 13.9. The summed E-state index contributed by atoms with van der Waals surface area (Å²) in [7, 11) is 3.87. The van der Waals surface area contributed by atoms with Crippen molar-refractivity contribution in [3.63, 3.8) is 0 Å². The summed E-state index contributed by atoms with van der Waals surface area (Å²) in [5, 5.41) is 4.52. The van der Waals surface area contributed by atoms with Crippen molar-refractivity contribution in [1.82, 2.24) is 0 Å². The molecule has 124 valence electrons. The van der Waals surface area contributed by atoms with Crippen molar-refractivity contribution in [2.24, 2.45) is 0 Å². The predicted molar refractivity (Wildman–Crippen MR) is 112 cm³/mol. The Balaban J connectivity index is 1.85. The Bertz CT molecular complexity index is 877. The third-order valence-corrected chi connectivity index (χ3v) is 7.04. The monoisotopic (exact) mass is 343 g/mol. The van der Waals surface area contributed by atoms with Gasteiger partial charge in [-0.05, 0) is 38.1 Å². The number of nitrogens with zero attached hydrogens (tertiary/aromatic N) is 1. The van der Waals surface area contributed by atoms with Crippen LogP contribution in [0.2, 0.25) is 0 Å². The van der Waals surface area contributed by atoms with Gasteiger partial charge in [0, 0.05) is 35.7 Å². The quantitative estimate of drug-likeness (QED) is 0.549. The first-order valence-electron chi connectivity index (χ1n) is 8.60. The van der Waals surface area contributed by atoms with Crippen molar-refractivity contribution in [2.45, 2.75) is 6.92 Å². The summed E-state index contributed by atoms with van der Waals surface area (Å²) >= 11 is 0. The minimum absolute atomic E-state index is 0.403. The smallest absolute Gasteiger partial charge is 0.0446 e. The topological polar surface area (TPSA) is 3.24 Å². The van der Waals surface area contributed by atoms with Crippen molar-refractivity contribution < 1.29 is 0 Å². The van der Waals surface area contributed by atoms with Gasteiger partial charge in [-0.1, -0.05) is 72.3 Å². The second-order valence-corrected chi connectivity index (χ2v) is 8.70. The second-order valence-electron chi connectivity index (χ2n) is 6.65. The maximum Gasteiger partial charge on any atom is 0.0446 e. The van der Waals surface area contributed by atoms with Crippen molar-refractivity contribution in [3.05, 3.63) is 95.6 Å². The van der Waals surface area contributed by atoms with Gasteiger partial charge >= 0.3 is 0 Å². The van der Waals surface area contributed by atoms with Crippen molar-refractivity contribution in [3.8, 4) is 0 Å². The molecule has 3 aromatic carbocycles. The van der Waals surface area contributed by atoms with Crippen LogP contribution in [0.5, 0.6) is 0 Å². The van der Waals surface area contributed by atoms with E-state index in [2.05, 4.69) is 105 Å². The molecular weight excluding hydrogens is 321 g/mol. The van der Waals surface area contributed by atoms with E-state index in [9.17, 15) is 0 Å². The second kappa shape index (κ2) is 6.50. The van der Waals surface area contributed by atoms with Crippen molar-refractivity contribution in [1.29, 1.82) is 0 Å². The fraction of sp³-hybridized carbons (Fsp3) is 0.130. The Kier molecular flexibility index (Phi) is 4.19. The molecule has 0 fully saturated rings. The van der Waals surface area contributed by atoms with Gasteiger partial charge in [-0.3, -0.25) is 0 Å². The third kappa shape index (κ3) is 3.01. The molecule has 2 heteroatoms. The zero-order valence-corrected chi connectivity index (χ0v) is 15.8. The predicted octanol–water partition coefficient (Wildman–Crippen LogP) is 5.71. The van der Waals surface area contributed by atoms with E-state index in [0.29, 0.717) is 0 Å². The van der Waals surface area contributed by atoms with Crippen LogP contribution in [-0.4, -0.2) is 14.1 Å². The molecule has 1 aliphatic rings. The summed E-state index contributed by atoms with van der Waals surface area (Å²) in [5.74, 6) is 0. The number of aryl methyl sites for hydroxylation is 1. The zero-order chi connectivity index (χ0) is 17.4. The first kappa shape index (κ1) is 16.1. The number of rotatable bonds is 4. The molecule has 0 spiro atoms. The summed E-state index contributed by atoms with van der Waals surface area (Å²) in [6, 6.07) is 28.6. The molecule has 0 amide bonds. The SMILES string of the molecule is Cc1ccc(N(C)C)c(P2C(c3ccccc3)=C2c2ccccc2)c1. The van der Waals surface area contributed by atoms with Crippen molar-refractivity contribution >= 4 is 29.5 Å². The van der Waals surface area contributed by atoms with E-state index in [4.69, 9.17) is 0 Å². The molecule has 1 heterocycles. The third-order valence-electron chi connectivity index (χ3n) is 4.57. The molecule has 1 aliphatic heterocycles. The number of benzene rings is 3. The van der Waals surface area contributed by atoms with Crippen LogP contribution in [0.4, 0.5) is 5.69 Å². The molecule has 1 nitrogen and oxygen atoms in total. The van der Waals surface area contributed by atoms with Gasteiger partial charge in [0.2, 0.25) is 0 Å². The highest BCUT2D eigenvalue weighted by Gasteiger charge is 2.40. The molecule has 4 rings (SSSR count). The average Bonchev–Trinajstić information content (AvgIpc) is 3.38. The minimum Gasteiger partial charge on any atom is -0.377 e. The molecule has 0 aromatic heterocycles. The van der Waals surface area contributed by atoms with Crippen molar-refractivity contribution in [2.75, 3.05) is 19.0 Å². The summed E-state index contributed by atoms with van der Waals surface area (Å²) in [6.07, 6.45) is 0. The van der Waals surface area contributed by atoms with Crippen LogP contribution in [0.1, 0.15) is 16.7 Å². The maximum atomic E-state index is 2.37. The maximum absolute atomic E-state index is 2.37. The van der Waals surface area contributed by atoms with Gasteiger partial charge in [-0.25, -0.2) is 0 Å². The lowest BCUT2D eigenvalue weighted by molar-refractivity contribution is 1.14. The largest absolute Gasteiger partial charge is 0.377 e. The molecule has 0 radical (unpaired) electrons. The van der Waals surface area contributed by atoms with E-state index in [1.54, 1.807) is 0 Å². The van der Waals surface area contributed by atoms with Crippen LogP contribution in [0.3, 0.4) is 0 Å². The molecule has 3 aromatic rings. The summed E-state index contributed by atoms with van der Waals surface area (Å²) < 4.78 is 0. The van der Waals surface area contributed by atoms with E-state index >= 15 is 0 Å². The van der Waals surface area contributed by atoms with Gasteiger partial charge < -0.3 is 4.90 Å². The molecule has 0 bridgehead atoms. The lowest BCUT2D eigenvalue weighted by atomic mass is 10.1. The molecule has 0 N–H and O–H groups in total. The van der Waals surface area contributed by atoms with Crippen LogP contribution < -0.4 is 10.2 Å². The van der Waals surface area contributed by atoms with Gasteiger partial charge in [-0.2, -0.15) is 0 Å². The molecular formula is C23H22NP. The summed E-state index contributed by atoms with van der Waals surface area (Å²) in [4.78, 5) is 2.24. The highest BCUT2D eigenvalue weighted by molar-refractivity contribution is 7.95. The van der Waals surface area contributed by atoms with Gasteiger partial charge in [0.25, 0.3) is 0 Å². The van der Waals surface area contributed by atoms with Crippen LogP contribution >= 0.6 is 7.92 Å². The molecule has 0 unspecified atom stereocenters. The van der Waals surface area contributed by atoms with Crippen LogP contribution in [-0.2, 0) is 0 Å². The number of hydrogen-bond acceptors (Lipinski definition) is 1. The van der Waals surface area contributed by atoms with Gasteiger partial charge in [0.1, 0.15) is 0 Å². The zero-order valence-electron chi connectivity index (χ0n) is 14.9. The Morgan fingerprint density at radius 2 is 1.20 bits per heavy atom. The average molecular weight is 343 g/mol. The van der Waals surface area contributed by atoms with Crippen LogP contribution in [0, 0.1) is 6.92 Å². The van der Waals surface area contributed by atoms with Crippen LogP contribution in [0.15, 0.2) is 78.9 Å². The molecule has 0 saturated heterocycles. The summed E-state index contributed by atoms with van der Waals surface area (Å²) in [5.41, 5.74) is 5.38. The lowest BCUT2D eigenvalue weighted by Crippen LogP contribution is -2.17. The van der Waals surface area contributed by atoms with E-state index in [0.717, 1.165) is 0 Å².